The first-order valence-corrected chi connectivity index (χ1v) is 9.43. The van der Waals surface area contributed by atoms with Crippen molar-refractivity contribution in [1.82, 2.24) is 9.97 Å². The number of amides is 1. The molecule has 0 aliphatic carbocycles. The maximum absolute atomic E-state index is 13.2. The number of hydrogen-bond acceptors (Lipinski definition) is 7. The average Bonchev–Trinajstić information content (AvgIpc) is 2.75. The van der Waals surface area contributed by atoms with Crippen LogP contribution in [-0.2, 0) is 6.18 Å². The van der Waals surface area contributed by atoms with Crippen molar-refractivity contribution in [2.45, 2.75) is 25.1 Å². The topological polar surface area (TPSA) is 128 Å². The van der Waals surface area contributed by atoms with Crippen LogP contribution in [0.1, 0.15) is 34.5 Å². The highest BCUT2D eigenvalue weighted by Crippen LogP contribution is 2.34. The van der Waals surface area contributed by atoms with E-state index in [1.165, 1.54) is 18.5 Å². The van der Waals surface area contributed by atoms with Crippen LogP contribution in [0.25, 0.3) is 5.57 Å². The Labute approximate surface area is 176 Å². The predicted octanol–water partition coefficient (Wildman–Crippen LogP) is 2.66. The van der Waals surface area contributed by atoms with Crippen LogP contribution in [0, 0.1) is 5.41 Å². The molecule has 0 radical (unpaired) electrons. The molecule has 1 aliphatic heterocycles. The number of aliphatic hydroxyl groups is 1. The zero-order valence-corrected chi connectivity index (χ0v) is 16.4. The zero-order valence-electron chi connectivity index (χ0n) is 16.4. The van der Waals surface area contributed by atoms with Crippen LogP contribution in [0.3, 0.4) is 0 Å². The Morgan fingerprint density at radius 3 is 2.61 bits per heavy atom. The highest BCUT2D eigenvalue weighted by atomic mass is 19.4. The van der Waals surface area contributed by atoms with E-state index in [0.29, 0.717) is 37.1 Å². The summed E-state index contributed by atoms with van der Waals surface area (Å²) in [4.78, 5) is 22.4. The van der Waals surface area contributed by atoms with E-state index in [9.17, 15) is 23.1 Å². The van der Waals surface area contributed by atoms with E-state index in [1.807, 2.05) is 0 Å². The molecule has 0 bridgehead atoms. The number of halogens is 3. The van der Waals surface area contributed by atoms with Crippen LogP contribution in [0.4, 0.5) is 24.7 Å². The molecule has 2 aromatic rings. The van der Waals surface area contributed by atoms with Crippen LogP contribution in [-0.4, -0.2) is 46.4 Å². The molecule has 0 unspecified atom stereocenters. The zero-order chi connectivity index (χ0) is 22.6. The van der Waals surface area contributed by atoms with Gasteiger partial charge in [0.2, 0.25) is 0 Å². The van der Waals surface area contributed by atoms with E-state index in [4.69, 9.17) is 11.1 Å². The van der Waals surface area contributed by atoms with Crippen molar-refractivity contribution in [3.05, 3.63) is 53.6 Å². The molecule has 0 spiro atoms. The largest absolute Gasteiger partial charge is 0.417 e. The fourth-order valence-electron chi connectivity index (χ4n) is 3.18. The van der Waals surface area contributed by atoms with Gasteiger partial charge in [0.05, 0.1) is 17.4 Å². The fraction of sp³-hybridized carbons (Fsp3) is 0.300. The minimum atomic E-state index is -4.63. The van der Waals surface area contributed by atoms with E-state index >= 15 is 0 Å². The molecule has 3 rings (SSSR count). The Morgan fingerprint density at radius 1 is 1.29 bits per heavy atom. The van der Waals surface area contributed by atoms with E-state index in [0.717, 1.165) is 18.5 Å². The highest BCUT2D eigenvalue weighted by Gasteiger charge is 2.33. The quantitative estimate of drug-likeness (QED) is 0.536. The molecule has 31 heavy (non-hydrogen) atoms. The van der Waals surface area contributed by atoms with Gasteiger partial charge in [0, 0.05) is 43.5 Å². The van der Waals surface area contributed by atoms with E-state index in [2.05, 4.69) is 15.3 Å². The molecule has 0 saturated carbocycles. The lowest BCUT2D eigenvalue weighted by atomic mass is 10.1. The first-order valence-electron chi connectivity index (χ1n) is 9.43. The van der Waals surface area contributed by atoms with E-state index in [1.54, 1.807) is 11.0 Å². The molecule has 1 aliphatic rings. The van der Waals surface area contributed by atoms with Gasteiger partial charge in [0.25, 0.3) is 5.91 Å². The molecule has 164 valence electrons. The molecule has 3 heterocycles. The van der Waals surface area contributed by atoms with Crippen LogP contribution in [0.5, 0.6) is 0 Å². The van der Waals surface area contributed by atoms with Gasteiger partial charge in [-0.3, -0.25) is 9.78 Å². The van der Waals surface area contributed by atoms with Gasteiger partial charge in [-0.15, -0.1) is 0 Å². The van der Waals surface area contributed by atoms with Gasteiger partial charge < -0.3 is 26.5 Å². The summed E-state index contributed by atoms with van der Waals surface area (Å²) in [6.07, 6.45) is 0.0435. The monoisotopic (exact) mass is 434 g/mol. The van der Waals surface area contributed by atoms with Gasteiger partial charge in [-0.25, -0.2) is 4.98 Å². The minimum absolute atomic E-state index is 0.0591. The van der Waals surface area contributed by atoms with E-state index in [-0.39, 0.29) is 17.2 Å². The van der Waals surface area contributed by atoms with Crippen molar-refractivity contribution in [2.75, 3.05) is 23.3 Å². The average molecular weight is 434 g/mol. The summed E-state index contributed by atoms with van der Waals surface area (Å²) in [5.74, 6) is -0.547. The van der Waals surface area contributed by atoms with Crippen molar-refractivity contribution in [2.24, 2.45) is 5.73 Å². The molecular weight excluding hydrogens is 413 g/mol. The van der Waals surface area contributed by atoms with Crippen LogP contribution in [0.2, 0.25) is 0 Å². The van der Waals surface area contributed by atoms with Gasteiger partial charge in [0.1, 0.15) is 5.69 Å². The molecule has 0 aromatic carbocycles. The van der Waals surface area contributed by atoms with Crippen molar-refractivity contribution in [1.29, 1.82) is 5.41 Å². The number of carbonyl (C=O) groups is 1. The first-order chi connectivity index (χ1) is 14.7. The Morgan fingerprint density at radius 2 is 2.00 bits per heavy atom. The second kappa shape index (κ2) is 9.13. The second-order valence-corrected chi connectivity index (χ2v) is 6.96. The number of aliphatic hydroxyl groups excluding tert-OH is 1. The Hall–Kier alpha value is -3.47. The minimum Gasteiger partial charge on any atom is -0.404 e. The number of aromatic nitrogens is 2. The standard InChI is InChI=1S/C20H21F3N6O2/c21-20(22,23)14-8-16(18(27-11-14)29-5-2-15(30)3-6-29)28-19(31)17-7-12(1-4-26-17)13(9-24)10-25/h1,4,7-11,15,24,30H,2-3,5-6,25H2,(H,28,31)/b13-10+,24-9?. The maximum atomic E-state index is 13.2. The van der Waals surface area contributed by atoms with Gasteiger partial charge in [-0.2, -0.15) is 13.2 Å². The van der Waals surface area contributed by atoms with Crippen LogP contribution in [0.15, 0.2) is 36.8 Å². The maximum Gasteiger partial charge on any atom is 0.417 e. The number of nitrogens with one attached hydrogen (secondary N) is 2. The Balaban J connectivity index is 1.94. The lowest BCUT2D eigenvalue weighted by Gasteiger charge is -2.32. The molecule has 1 saturated heterocycles. The summed E-state index contributed by atoms with van der Waals surface area (Å²) in [5, 5.41) is 19.5. The third kappa shape index (κ3) is 5.18. The number of nitrogens with two attached hydrogens (primary N) is 1. The lowest BCUT2D eigenvalue weighted by molar-refractivity contribution is -0.137. The molecule has 1 amide bonds. The van der Waals surface area contributed by atoms with Crippen molar-refractivity contribution in [3.8, 4) is 0 Å². The van der Waals surface area contributed by atoms with E-state index < -0.39 is 23.8 Å². The SMILES string of the molecule is N=C/C(=C\N)c1ccnc(C(=O)Nc2cc(C(F)(F)F)cnc2N2CCC(O)CC2)c1. The number of nitrogens with zero attached hydrogens (tertiary/aromatic N) is 3. The lowest BCUT2D eigenvalue weighted by Crippen LogP contribution is -2.37. The number of anilines is 2. The predicted molar refractivity (Wildman–Crippen MR) is 110 cm³/mol. The number of alkyl halides is 3. The number of allylic oxidation sites excluding steroid dienone is 1. The number of hydrogen-bond donors (Lipinski definition) is 4. The Kier molecular flexibility index (Phi) is 6.54. The summed E-state index contributed by atoms with van der Waals surface area (Å²) >= 11 is 0. The molecule has 11 heteroatoms. The number of rotatable bonds is 5. The summed E-state index contributed by atoms with van der Waals surface area (Å²) in [6.45, 7) is 0.778. The summed E-state index contributed by atoms with van der Waals surface area (Å²) < 4.78 is 39.7. The third-order valence-electron chi connectivity index (χ3n) is 4.87. The van der Waals surface area contributed by atoms with Gasteiger partial charge in [-0.05, 0) is 36.6 Å². The normalized spacial score (nSPS) is 15.6. The summed E-state index contributed by atoms with van der Waals surface area (Å²) in [6, 6.07) is 3.77. The molecule has 5 N–H and O–H groups in total. The van der Waals surface area contributed by atoms with Gasteiger partial charge in [0.15, 0.2) is 5.82 Å². The van der Waals surface area contributed by atoms with Crippen molar-refractivity contribution >= 4 is 29.2 Å². The molecule has 1 fully saturated rings. The molecular formula is C20H21F3N6O2. The molecule has 2 aromatic heterocycles. The Bertz CT molecular complexity index is 1000. The molecule has 0 atom stereocenters. The molecule has 8 nitrogen and oxygen atoms in total. The summed E-state index contributed by atoms with van der Waals surface area (Å²) in [5.41, 5.74) is 5.11. The van der Waals surface area contributed by atoms with Gasteiger partial charge in [-0.1, -0.05) is 0 Å². The number of piperidine rings is 1. The number of carbonyl (C=O) groups excluding carboxylic acids is 1. The van der Waals surface area contributed by atoms with Crippen molar-refractivity contribution < 1.29 is 23.1 Å². The second-order valence-electron chi connectivity index (χ2n) is 6.96. The number of pyridine rings is 2. The highest BCUT2D eigenvalue weighted by molar-refractivity contribution is 6.10. The van der Waals surface area contributed by atoms with Crippen LogP contribution < -0.4 is 16.0 Å². The first kappa shape index (κ1) is 22.2. The van der Waals surface area contributed by atoms with Crippen molar-refractivity contribution in [3.63, 3.8) is 0 Å². The summed E-state index contributed by atoms with van der Waals surface area (Å²) in [7, 11) is 0. The van der Waals surface area contributed by atoms with Crippen LogP contribution >= 0.6 is 0 Å². The third-order valence-corrected chi connectivity index (χ3v) is 4.87. The smallest absolute Gasteiger partial charge is 0.404 e. The van der Waals surface area contributed by atoms with Gasteiger partial charge >= 0.3 is 6.18 Å². The fourth-order valence-corrected chi connectivity index (χ4v) is 3.18.